The first-order valence-electron chi connectivity index (χ1n) is 9.52. The van der Waals surface area contributed by atoms with Gasteiger partial charge in [0.05, 0.1) is 16.8 Å². The molecule has 3 aromatic carbocycles. The minimum Gasteiger partial charge on any atom is -0.322 e. The Balaban J connectivity index is 1.82. The highest BCUT2D eigenvalue weighted by molar-refractivity contribution is 6.13. The quantitative estimate of drug-likeness (QED) is 0.479. The predicted molar refractivity (Wildman–Crippen MR) is 116 cm³/mol. The van der Waals surface area contributed by atoms with E-state index in [0.29, 0.717) is 5.56 Å². The number of carbonyl (C=O) groups excluding carboxylic acids is 1. The van der Waals surface area contributed by atoms with Crippen LogP contribution in [0.4, 0.5) is 5.69 Å². The molecule has 1 aromatic heterocycles. The first kappa shape index (κ1) is 17.9. The van der Waals surface area contributed by atoms with Gasteiger partial charge >= 0.3 is 0 Å². The number of anilines is 1. The molecule has 4 aromatic rings. The lowest BCUT2D eigenvalue weighted by Gasteiger charge is -2.13. The van der Waals surface area contributed by atoms with Gasteiger partial charge in [-0.15, -0.1) is 0 Å². The molecule has 28 heavy (non-hydrogen) atoms. The normalized spacial score (nSPS) is 10.8. The number of hydrogen-bond acceptors (Lipinski definition) is 2. The third-order valence-electron chi connectivity index (χ3n) is 4.92. The smallest absolute Gasteiger partial charge is 0.256 e. The van der Waals surface area contributed by atoms with E-state index >= 15 is 0 Å². The van der Waals surface area contributed by atoms with Gasteiger partial charge in [0, 0.05) is 16.6 Å². The lowest BCUT2D eigenvalue weighted by molar-refractivity contribution is 0.102. The molecule has 3 heteroatoms. The molecule has 0 aliphatic carbocycles. The van der Waals surface area contributed by atoms with Crippen LogP contribution in [0, 0.1) is 6.92 Å². The summed E-state index contributed by atoms with van der Waals surface area (Å²) in [5, 5.41) is 3.95. The molecule has 3 nitrogen and oxygen atoms in total. The first-order chi connectivity index (χ1) is 13.7. The number of rotatable bonds is 4. The Morgan fingerprint density at radius 2 is 1.71 bits per heavy atom. The maximum absolute atomic E-state index is 13.2. The number of pyridine rings is 1. The molecule has 0 atom stereocenters. The van der Waals surface area contributed by atoms with Crippen LogP contribution >= 0.6 is 0 Å². The van der Waals surface area contributed by atoms with Crippen LogP contribution in [-0.2, 0) is 6.42 Å². The molecular formula is C25H22N2O. The van der Waals surface area contributed by atoms with Gasteiger partial charge in [-0.3, -0.25) is 4.79 Å². The second kappa shape index (κ2) is 7.65. The van der Waals surface area contributed by atoms with Crippen LogP contribution in [0.3, 0.4) is 0 Å². The zero-order valence-corrected chi connectivity index (χ0v) is 16.1. The van der Waals surface area contributed by atoms with E-state index < -0.39 is 0 Å². The molecule has 0 fully saturated rings. The van der Waals surface area contributed by atoms with Gasteiger partial charge in [0.2, 0.25) is 0 Å². The lowest BCUT2D eigenvalue weighted by Crippen LogP contribution is -2.14. The second-order valence-corrected chi connectivity index (χ2v) is 6.91. The number of carbonyl (C=O) groups is 1. The maximum Gasteiger partial charge on any atom is 0.256 e. The third-order valence-corrected chi connectivity index (χ3v) is 4.92. The Morgan fingerprint density at radius 1 is 0.929 bits per heavy atom. The molecule has 4 rings (SSSR count). The SMILES string of the molecule is CCc1ccccc1NC(=O)c1cc(-c2cccc(C)c2)nc2ccccc12. The molecule has 1 heterocycles. The summed E-state index contributed by atoms with van der Waals surface area (Å²) in [6.45, 7) is 4.14. The molecule has 0 bridgehead atoms. The van der Waals surface area contributed by atoms with Crippen molar-refractivity contribution >= 4 is 22.5 Å². The van der Waals surface area contributed by atoms with Crippen molar-refractivity contribution in [2.45, 2.75) is 20.3 Å². The van der Waals surface area contributed by atoms with E-state index in [2.05, 4.69) is 31.3 Å². The van der Waals surface area contributed by atoms with Crippen LogP contribution in [0.2, 0.25) is 0 Å². The highest BCUT2D eigenvalue weighted by Gasteiger charge is 2.15. The number of fused-ring (bicyclic) bond motifs is 1. The van der Waals surface area contributed by atoms with Crippen molar-refractivity contribution in [3.05, 3.63) is 95.6 Å². The molecule has 1 N–H and O–H groups in total. The summed E-state index contributed by atoms with van der Waals surface area (Å²) in [5.74, 6) is -0.117. The van der Waals surface area contributed by atoms with Crippen molar-refractivity contribution in [3.8, 4) is 11.3 Å². The summed E-state index contributed by atoms with van der Waals surface area (Å²) in [7, 11) is 0. The largest absolute Gasteiger partial charge is 0.322 e. The fourth-order valence-electron chi connectivity index (χ4n) is 3.46. The summed E-state index contributed by atoms with van der Waals surface area (Å²) in [5.41, 5.74) is 6.39. The van der Waals surface area contributed by atoms with Gasteiger partial charge in [0.25, 0.3) is 5.91 Å². The van der Waals surface area contributed by atoms with E-state index in [1.165, 1.54) is 0 Å². The van der Waals surface area contributed by atoms with E-state index in [1.807, 2.05) is 66.7 Å². The average molecular weight is 366 g/mol. The number of para-hydroxylation sites is 2. The summed E-state index contributed by atoms with van der Waals surface area (Å²) in [4.78, 5) is 18.0. The highest BCUT2D eigenvalue weighted by Crippen LogP contribution is 2.26. The Hall–Kier alpha value is -3.46. The van der Waals surface area contributed by atoms with E-state index in [4.69, 9.17) is 4.98 Å². The molecule has 0 aliphatic heterocycles. The molecule has 0 aliphatic rings. The maximum atomic E-state index is 13.2. The zero-order chi connectivity index (χ0) is 19.5. The van der Waals surface area contributed by atoms with Crippen molar-refractivity contribution in [2.75, 3.05) is 5.32 Å². The molecule has 0 saturated carbocycles. The molecule has 1 amide bonds. The van der Waals surface area contributed by atoms with Gasteiger partial charge < -0.3 is 5.32 Å². The zero-order valence-electron chi connectivity index (χ0n) is 16.1. The highest BCUT2D eigenvalue weighted by atomic mass is 16.1. The fourth-order valence-corrected chi connectivity index (χ4v) is 3.46. The fraction of sp³-hybridized carbons (Fsp3) is 0.120. The minimum absolute atomic E-state index is 0.117. The van der Waals surface area contributed by atoms with Crippen LogP contribution in [0.1, 0.15) is 28.4 Å². The van der Waals surface area contributed by atoms with Crippen molar-refractivity contribution in [3.63, 3.8) is 0 Å². The second-order valence-electron chi connectivity index (χ2n) is 6.91. The van der Waals surface area contributed by atoms with Crippen molar-refractivity contribution < 1.29 is 4.79 Å². The van der Waals surface area contributed by atoms with Gasteiger partial charge in [-0.2, -0.15) is 0 Å². The van der Waals surface area contributed by atoms with Crippen LogP contribution in [0.25, 0.3) is 22.2 Å². The number of hydrogen-bond donors (Lipinski definition) is 1. The van der Waals surface area contributed by atoms with Crippen LogP contribution in [0.5, 0.6) is 0 Å². The number of aryl methyl sites for hydroxylation is 2. The van der Waals surface area contributed by atoms with E-state index in [1.54, 1.807) is 0 Å². The van der Waals surface area contributed by atoms with Gasteiger partial charge in [0.15, 0.2) is 0 Å². The van der Waals surface area contributed by atoms with Crippen molar-refractivity contribution in [2.24, 2.45) is 0 Å². The molecule has 0 saturated heterocycles. The molecule has 138 valence electrons. The number of nitrogens with one attached hydrogen (secondary N) is 1. The number of amides is 1. The summed E-state index contributed by atoms with van der Waals surface area (Å²) in [6, 6.07) is 25.8. The standard InChI is InChI=1S/C25H22N2O/c1-3-18-10-4-6-13-22(18)27-25(28)21-16-24(19-11-8-9-17(2)15-19)26-23-14-7-5-12-20(21)23/h4-16H,3H2,1-2H3,(H,27,28). The van der Waals surface area contributed by atoms with Crippen LogP contribution in [-0.4, -0.2) is 10.9 Å². The monoisotopic (exact) mass is 366 g/mol. The summed E-state index contributed by atoms with van der Waals surface area (Å²) in [6.07, 6.45) is 0.863. The average Bonchev–Trinajstić information content (AvgIpc) is 2.73. The molecule has 0 unspecified atom stereocenters. The van der Waals surface area contributed by atoms with E-state index in [0.717, 1.165) is 45.4 Å². The number of aromatic nitrogens is 1. The summed E-state index contributed by atoms with van der Waals surface area (Å²) < 4.78 is 0. The van der Waals surface area contributed by atoms with Gasteiger partial charge in [0.1, 0.15) is 0 Å². The minimum atomic E-state index is -0.117. The van der Waals surface area contributed by atoms with Crippen molar-refractivity contribution in [1.29, 1.82) is 0 Å². The predicted octanol–water partition coefficient (Wildman–Crippen LogP) is 6.02. The molecule has 0 radical (unpaired) electrons. The summed E-state index contributed by atoms with van der Waals surface area (Å²) >= 11 is 0. The topological polar surface area (TPSA) is 42.0 Å². The van der Waals surface area contributed by atoms with Crippen LogP contribution < -0.4 is 5.32 Å². The van der Waals surface area contributed by atoms with Gasteiger partial charge in [-0.1, -0.05) is 67.1 Å². The number of nitrogens with zero attached hydrogens (tertiary/aromatic N) is 1. The first-order valence-corrected chi connectivity index (χ1v) is 9.52. The van der Waals surface area contributed by atoms with Crippen LogP contribution in [0.15, 0.2) is 78.9 Å². The van der Waals surface area contributed by atoms with Crippen molar-refractivity contribution in [1.82, 2.24) is 4.98 Å². The van der Waals surface area contributed by atoms with Gasteiger partial charge in [-0.25, -0.2) is 4.98 Å². The molecular weight excluding hydrogens is 344 g/mol. The Bertz CT molecular complexity index is 1160. The third kappa shape index (κ3) is 3.52. The van der Waals surface area contributed by atoms with E-state index in [9.17, 15) is 4.79 Å². The Labute approximate surface area is 165 Å². The molecule has 0 spiro atoms. The Morgan fingerprint density at radius 3 is 2.54 bits per heavy atom. The van der Waals surface area contributed by atoms with E-state index in [-0.39, 0.29) is 5.91 Å². The lowest BCUT2D eigenvalue weighted by atomic mass is 10.0. The number of benzene rings is 3. The Kier molecular flexibility index (Phi) is 4.90. The van der Waals surface area contributed by atoms with Gasteiger partial charge in [-0.05, 0) is 43.2 Å².